The molecular formula is C24H27N3O6. The fourth-order valence-corrected chi connectivity index (χ4v) is 3.03. The minimum Gasteiger partial charge on any atom is -0.497 e. The topological polar surface area (TPSA) is 100 Å². The Morgan fingerprint density at radius 2 is 1.45 bits per heavy atom. The lowest BCUT2D eigenvalue weighted by Crippen LogP contribution is -2.34. The molecule has 0 saturated heterocycles. The number of amides is 2. The van der Waals surface area contributed by atoms with Gasteiger partial charge in [0, 0.05) is 37.0 Å². The van der Waals surface area contributed by atoms with Crippen molar-refractivity contribution in [3.8, 4) is 34.6 Å². The lowest BCUT2D eigenvalue weighted by Gasteiger charge is -2.16. The SMILES string of the molecule is COc1cccc(Oc2ccc(CNC(=O)NCc3c(OC)cc(OC)cc3OC)cn2)c1. The Kier molecular flexibility index (Phi) is 8.18. The van der Waals surface area contributed by atoms with E-state index < -0.39 is 0 Å². The number of urea groups is 1. The molecule has 0 radical (unpaired) electrons. The van der Waals surface area contributed by atoms with Gasteiger partial charge in [-0.15, -0.1) is 0 Å². The molecule has 33 heavy (non-hydrogen) atoms. The Bertz CT molecular complexity index is 1050. The number of carbonyl (C=O) groups excluding carboxylic acids is 1. The molecule has 0 spiro atoms. The van der Waals surface area contributed by atoms with Crippen molar-refractivity contribution in [2.24, 2.45) is 0 Å². The monoisotopic (exact) mass is 453 g/mol. The van der Waals surface area contributed by atoms with E-state index in [2.05, 4.69) is 15.6 Å². The maximum Gasteiger partial charge on any atom is 0.315 e. The van der Waals surface area contributed by atoms with Gasteiger partial charge in [-0.3, -0.25) is 0 Å². The van der Waals surface area contributed by atoms with Crippen LogP contribution >= 0.6 is 0 Å². The van der Waals surface area contributed by atoms with Crippen LogP contribution in [0.4, 0.5) is 4.79 Å². The fourth-order valence-electron chi connectivity index (χ4n) is 3.03. The molecule has 9 heteroatoms. The smallest absolute Gasteiger partial charge is 0.315 e. The van der Waals surface area contributed by atoms with Gasteiger partial charge in [0.25, 0.3) is 0 Å². The van der Waals surface area contributed by atoms with E-state index in [1.807, 2.05) is 24.3 Å². The van der Waals surface area contributed by atoms with Gasteiger partial charge in [0.1, 0.15) is 28.7 Å². The number of benzene rings is 2. The molecule has 2 amide bonds. The van der Waals surface area contributed by atoms with Crippen LogP contribution in [0, 0.1) is 0 Å². The summed E-state index contributed by atoms with van der Waals surface area (Å²) in [4.78, 5) is 16.6. The molecule has 0 atom stereocenters. The van der Waals surface area contributed by atoms with E-state index in [9.17, 15) is 4.79 Å². The van der Waals surface area contributed by atoms with Crippen LogP contribution in [0.2, 0.25) is 0 Å². The number of nitrogens with one attached hydrogen (secondary N) is 2. The number of pyridine rings is 1. The predicted molar refractivity (Wildman–Crippen MR) is 122 cm³/mol. The van der Waals surface area contributed by atoms with Crippen molar-refractivity contribution in [2.75, 3.05) is 28.4 Å². The highest BCUT2D eigenvalue weighted by Gasteiger charge is 2.14. The Hall–Kier alpha value is -4.14. The number of rotatable bonds is 10. The maximum absolute atomic E-state index is 12.3. The first-order valence-corrected chi connectivity index (χ1v) is 10.1. The van der Waals surface area contributed by atoms with E-state index in [4.69, 9.17) is 23.7 Å². The Balaban J connectivity index is 1.53. The van der Waals surface area contributed by atoms with Crippen molar-refractivity contribution < 1.29 is 28.5 Å². The molecule has 3 aromatic rings. The van der Waals surface area contributed by atoms with Gasteiger partial charge in [0.05, 0.1) is 40.5 Å². The zero-order valence-electron chi connectivity index (χ0n) is 19.0. The normalized spacial score (nSPS) is 10.2. The predicted octanol–water partition coefficient (Wildman–Crippen LogP) is 3.91. The van der Waals surface area contributed by atoms with Crippen LogP contribution < -0.4 is 34.3 Å². The van der Waals surface area contributed by atoms with Crippen molar-refractivity contribution in [1.82, 2.24) is 15.6 Å². The number of hydrogen-bond acceptors (Lipinski definition) is 7. The summed E-state index contributed by atoms with van der Waals surface area (Å²) in [7, 11) is 6.25. The van der Waals surface area contributed by atoms with Crippen LogP contribution in [0.25, 0.3) is 0 Å². The van der Waals surface area contributed by atoms with Crippen LogP contribution in [0.15, 0.2) is 54.7 Å². The van der Waals surface area contributed by atoms with Gasteiger partial charge in [-0.2, -0.15) is 0 Å². The molecule has 2 N–H and O–H groups in total. The maximum atomic E-state index is 12.3. The van der Waals surface area contributed by atoms with E-state index in [0.717, 1.165) is 5.56 Å². The summed E-state index contributed by atoms with van der Waals surface area (Å²) >= 11 is 0. The van der Waals surface area contributed by atoms with Gasteiger partial charge in [-0.25, -0.2) is 9.78 Å². The van der Waals surface area contributed by atoms with Gasteiger partial charge in [-0.1, -0.05) is 12.1 Å². The second-order valence-corrected chi connectivity index (χ2v) is 6.83. The summed E-state index contributed by atoms with van der Waals surface area (Å²) in [5, 5.41) is 5.60. The number of ether oxygens (including phenoxy) is 5. The molecule has 1 heterocycles. The fraction of sp³-hybridized carbons (Fsp3) is 0.250. The third-order valence-corrected chi connectivity index (χ3v) is 4.76. The van der Waals surface area contributed by atoms with Crippen LogP contribution in [-0.4, -0.2) is 39.5 Å². The number of hydrogen-bond donors (Lipinski definition) is 2. The molecule has 0 fully saturated rings. The zero-order valence-corrected chi connectivity index (χ0v) is 19.0. The lowest BCUT2D eigenvalue weighted by molar-refractivity contribution is 0.240. The van der Waals surface area contributed by atoms with Gasteiger partial charge >= 0.3 is 6.03 Å². The number of aromatic nitrogens is 1. The van der Waals surface area contributed by atoms with E-state index in [1.165, 1.54) is 0 Å². The standard InChI is InChI=1S/C24H27N3O6/c1-29-17-6-5-7-18(10-17)33-23-9-8-16(13-25-23)14-26-24(28)27-15-20-21(31-3)11-19(30-2)12-22(20)32-4/h5-13H,14-15H2,1-4H3,(H2,26,27,28). The quantitative estimate of drug-likeness (QED) is 0.480. The Morgan fingerprint density at radius 3 is 2.06 bits per heavy atom. The average Bonchev–Trinajstić information content (AvgIpc) is 2.86. The number of methoxy groups -OCH3 is 4. The molecule has 3 rings (SSSR count). The highest BCUT2D eigenvalue weighted by Crippen LogP contribution is 2.33. The Morgan fingerprint density at radius 1 is 0.788 bits per heavy atom. The lowest BCUT2D eigenvalue weighted by atomic mass is 10.1. The van der Waals surface area contributed by atoms with Crippen molar-refractivity contribution in [3.05, 3.63) is 65.9 Å². The average molecular weight is 453 g/mol. The number of nitrogens with zero attached hydrogens (tertiary/aromatic N) is 1. The first kappa shape index (κ1) is 23.5. The van der Waals surface area contributed by atoms with Gasteiger partial charge in [0.2, 0.25) is 5.88 Å². The molecule has 2 aromatic carbocycles. The zero-order chi connectivity index (χ0) is 23.6. The molecule has 0 aliphatic carbocycles. The second kappa shape index (κ2) is 11.5. The first-order chi connectivity index (χ1) is 16.1. The van der Waals surface area contributed by atoms with Gasteiger partial charge in [0.15, 0.2) is 0 Å². The third-order valence-electron chi connectivity index (χ3n) is 4.76. The summed E-state index contributed by atoms with van der Waals surface area (Å²) < 4.78 is 26.9. The van der Waals surface area contributed by atoms with Crippen molar-refractivity contribution in [1.29, 1.82) is 0 Å². The molecular weight excluding hydrogens is 426 g/mol. The summed E-state index contributed by atoms with van der Waals surface area (Å²) in [6, 6.07) is 14.0. The van der Waals surface area contributed by atoms with Gasteiger partial charge < -0.3 is 34.3 Å². The van der Waals surface area contributed by atoms with Crippen LogP contribution in [-0.2, 0) is 13.1 Å². The highest BCUT2D eigenvalue weighted by molar-refractivity contribution is 5.74. The first-order valence-electron chi connectivity index (χ1n) is 10.1. The minimum absolute atomic E-state index is 0.216. The summed E-state index contributed by atoms with van der Waals surface area (Å²) in [5.41, 5.74) is 1.53. The third kappa shape index (κ3) is 6.42. The van der Waals surface area contributed by atoms with Crippen molar-refractivity contribution in [2.45, 2.75) is 13.1 Å². The summed E-state index contributed by atoms with van der Waals surface area (Å²) in [5.74, 6) is 3.48. The van der Waals surface area contributed by atoms with Crippen LogP contribution in [0.1, 0.15) is 11.1 Å². The van der Waals surface area contributed by atoms with E-state index in [1.54, 1.807) is 58.9 Å². The summed E-state index contributed by atoms with van der Waals surface area (Å²) in [6.07, 6.45) is 1.64. The highest BCUT2D eigenvalue weighted by atomic mass is 16.5. The molecule has 0 bridgehead atoms. The molecule has 0 aliphatic rings. The van der Waals surface area contributed by atoms with Crippen LogP contribution in [0.3, 0.4) is 0 Å². The van der Waals surface area contributed by atoms with Gasteiger partial charge in [-0.05, 0) is 17.7 Å². The van der Waals surface area contributed by atoms with E-state index >= 15 is 0 Å². The molecule has 1 aromatic heterocycles. The molecule has 174 valence electrons. The van der Waals surface area contributed by atoms with Crippen molar-refractivity contribution in [3.63, 3.8) is 0 Å². The van der Waals surface area contributed by atoms with E-state index in [-0.39, 0.29) is 12.6 Å². The molecule has 9 nitrogen and oxygen atoms in total. The van der Waals surface area contributed by atoms with Crippen molar-refractivity contribution >= 4 is 6.03 Å². The Labute approximate surface area is 192 Å². The van der Waals surface area contributed by atoms with Crippen LogP contribution in [0.5, 0.6) is 34.6 Å². The minimum atomic E-state index is -0.341. The molecule has 0 unspecified atom stereocenters. The molecule has 0 aliphatic heterocycles. The summed E-state index contributed by atoms with van der Waals surface area (Å²) in [6.45, 7) is 0.517. The molecule has 0 saturated carbocycles. The number of carbonyl (C=O) groups is 1. The van der Waals surface area contributed by atoms with E-state index in [0.29, 0.717) is 46.7 Å². The second-order valence-electron chi connectivity index (χ2n) is 6.83. The largest absolute Gasteiger partial charge is 0.497 e.